The van der Waals surface area contributed by atoms with E-state index in [4.69, 9.17) is 23.2 Å². The van der Waals surface area contributed by atoms with Crippen LogP contribution in [0.1, 0.15) is 79.9 Å². The number of benzene rings is 1. The first-order valence-electron chi connectivity index (χ1n) is 14.4. The molecule has 4 fully saturated rings. The second-order valence-corrected chi connectivity index (χ2v) is 12.7. The molecule has 1 unspecified atom stereocenters. The molecular weight excluding hydrogens is 580 g/mol. The summed E-state index contributed by atoms with van der Waals surface area (Å²) in [6, 6.07) is 5.63. The summed E-state index contributed by atoms with van der Waals surface area (Å²) in [5.74, 6) is -1.72. The number of carbonyl (C=O) groups is 2. The first-order chi connectivity index (χ1) is 20.2. The Labute approximate surface area is 253 Å². The van der Waals surface area contributed by atoms with Crippen molar-refractivity contribution in [2.24, 2.45) is 17.3 Å². The minimum atomic E-state index is -0.844. The first-order valence-corrected chi connectivity index (χ1v) is 15.2. The molecule has 3 aromatic rings. The molecule has 0 aliphatic heterocycles. The average Bonchev–Trinajstić information content (AvgIpc) is 3.49. The highest BCUT2D eigenvalue weighted by molar-refractivity contribution is 6.42. The summed E-state index contributed by atoms with van der Waals surface area (Å²) < 4.78 is 15.5. The number of phenols is 1. The number of fused-ring (bicyclic) bond motifs is 3. The summed E-state index contributed by atoms with van der Waals surface area (Å²) in [5, 5.41) is 16.5. The Hall–Kier alpha value is -3.30. The van der Waals surface area contributed by atoms with E-state index in [1.54, 1.807) is 6.20 Å². The normalized spacial score (nSPS) is 25.6. The van der Waals surface area contributed by atoms with Gasteiger partial charge in [0.05, 0.1) is 34.2 Å². The molecule has 8 nitrogen and oxygen atoms in total. The van der Waals surface area contributed by atoms with E-state index in [2.05, 4.69) is 25.6 Å². The van der Waals surface area contributed by atoms with Gasteiger partial charge >= 0.3 is 0 Å². The van der Waals surface area contributed by atoms with Crippen LogP contribution in [0, 0.1) is 23.1 Å². The zero-order valence-electron chi connectivity index (χ0n) is 23.0. The van der Waals surface area contributed by atoms with Gasteiger partial charge in [-0.1, -0.05) is 29.3 Å². The molecule has 3 atom stereocenters. The number of aromatic nitrogens is 3. The first kappa shape index (κ1) is 28.8. The number of nitrogens with one attached hydrogen (secondary N) is 2. The van der Waals surface area contributed by atoms with E-state index in [0.717, 1.165) is 44.6 Å². The summed E-state index contributed by atoms with van der Waals surface area (Å²) in [6.45, 7) is 0. The Morgan fingerprint density at radius 1 is 1.00 bits per heavy atom. The van der Waals surface area contributed by atoms with Crippen molar-refractivity contribution in [1.29, 1.82) is 0 Å². The van der Waals surface area contributed by atoms with Crippen LogP contribution in [0.4, 0.5) is 4.39 Å². The molecule has 2 heterocycles. The lowest BCUT2D eigenvalue weighted by Gasteiger charge is -2.51. The fraction of sp³-hybridized carbons (Fsp3) is 0.452. The lowest BCUT2D eigenvalue weighted by atomic mass is 9.56. The number of amides is 2. The molecule has 42 heavy (non-hydrogen) atoms. The molecule has 1 aromatic carbocycles. The van der Waals surface area contributed by atoms with Crippen molar-refractivity contribution in [3.05, 3.63) is 70.0 Å². The smallest absolute Gasteiger partial charge is 0.271 e. The fourth-order valence-electron chi connectivity index (χ4n) is 7.07. The van der Waals surface area contributed by atoms with Crippen molar-refractivity contribution in [2.45, 2.75) is 69.9 Å². The van der Waals surface area contributed by atoms with Crippen LogP contribution in [0.25, 0.3) is 11.4 Å². The third-order valence-corrected chi connectivity index (χ3v) is 10.3. The van der Waals surface area contributed by atoms with E-state index < -0.39 is 17.6 Å². The summed E-state index contributed by atoms with van der Waals surface area (Å²) in [4.78, 5) is 39.4. The fourth-order valence-corrected chi connectivity index (χ4v) is 7.52. The molecule has 4 aliphatic carbocycles. The third-order valence-electron chi connectivity index (χ3n) is 9.46. The summed E-state index contributed by atoms with van der Waals surface area (Å²) in [6.07, 6.45) is 11.8. The number of rotatable bonds is 7. The van der Waals surface area contributed by atoms with E-state index in [-0.39, 0.29) is 50.5 Å². The number of aromatic hydroxyl groups is 1. The van der Waals surface area contributed by atoms with Crippen LogP contribution < -0.4 is 10.6 Å². The van der Waals surface area contributed by atoms with Gasteiger partial charge < -0.3 is 15.7 Å². The van der Waals surface area contributed by atoms with Crippen molar-refractivity contribution >= 4 is 35.0 Å². The topological polar surface area (TPSA) is 117 Å². The average molecular weight is 613 g/mol. The van der Waals surface area contributed by atoms with Crippen LogP contribution in [0.5, 0.6) is 5.75 Å². The monoisotopic (exact) mass is 611 g/mol. The minimum absolute atomic E-state index is 0.0195. The highest BCUT2D eigenvalue weighted by atomic mass is 35.5. The van der Waals surface area contributed by atoms with Crippen molar-refractivity contribution in [3.8, 4) is 17.1 Å². The van der Waals surface area contributed by atoms with Gasteiger partial charge in [-0.15, -0.1) is 0 Å². The van der Waals surface area contributed by atoms with Crippen LogP contribution >= 0.6 is 23.2 Å². The van der Waals surface area contributed by atoms with E-state index in [1.807, 2.05) is 18.2 Å². The molecule has 3 N–H and O–H groups in total. The second kappa shape index (κ2) is 11.8. The Kier molecular flexibility index (Phi) is 8.07. The highest BCUT2D eigenvalue weighted by Gasteiger charge is 2.49. The number of pyridine rings is 1. The van der Waals surface area contributed by atoms with Crippen molar-refractivity contribution in [2.75, 3.05) is 0 Å². The number of hydrogen-bond acceptors (Lipinski definition) is 6. The quantitative estimate of drug-likeness (QED) is 0.265. The predicted molar refractivity (Wildman–Crippen MR) is 156 cm³/mol. The summed E-state index contributed by atoms with van der Waals surface area (Å²) in [7, 11) is 0. The molecule has 2 bridgehead atoms. The van der Waals surface area contributed by atoms with Gasteiger partial charge in [0.1, 0.15) is 11.4 Å². The largest absolute Gasteiger partial charge is 0.505 e. The van der Waals surface area contributed by atoms with E-state index in [9.17, 15) is 14.7 Å². The molecule has 2 aromatic heterocycles. The molecule has 4 aliphatic rings. The van der Waals surface area contributed by atoms with Crippen LogP contribution in [0.3, 0.4) is 0 Å². The maximum absolute atomic E-state index is 15.5. The summed E-state index contributed by atoms with van der Waals surface area (Å²) in [5.41, 5.74) is 1.11. The molecule has 0 spiro atoms. The Bertz CT molecular complexity index is 1440. The molecule has 2 amide bonds. The van der Waals surface area contributed by atoms with Gasteiger partial charge in [-0.3, -0.25) is 19.6 Å². The molecule has 4 saturated carbocycles. The zero-order chi connectivity index (χ0) is 29.4. The van der Waals surface area contributed by atoms with E-state index >= 15 is 4.39 Å². The lowest BCUT2D eigenvalue weighted by Crippen LogP contribution is -2.48. The Morgan fingerprint density at radius 2 is 1.76 bits per heavy atom. The van der Waals surface area contributed by atoms with Crippen LogP contribution in [-0.2, 0) is 4.79 Å². The lowest BCUT2D eigenvalue weighted by molar-refractivity contribution is -0.127. The third kappa shape index (κ3) is 5.56. The molecule has 0 radical (unpaired) electrons. The van der Waals surface area contributed by atoms with Gasteiger partial charge in [0.2, 0.25) is 5.91 Å². The van der Waals surface area contributed by atoms with Gasteiger partial charge in [-0.2, -0.15) is 0 Å². The van der Waals surface area contributed by atoms with Gasteiger partial charge in [0.15, 0.2) is 11.6 Å². The Balaban J connectivity index is 1.15. The number of phenolic OH excluding ortho intramolecular Hbond substituents is 1. The standard InChI is InChI=1S/C31H32Cl2FN5O3/c32-20-14-24(40)27(34)25(26(20)33)28(31-9-6-17(7-10-31)8-11-31)39-29(41)18-4-5-19(13-18)38-30(42)23-16-36-22(15-37-23)21-3-1-2-12-35-21/h1-3,12,14-19,28,40H,4-11,13H2,(H,38,42)(H,39,41)/t17?,18-,19?,28-,31?/m1/s1. The maximum atomic E-state index is 15.5. The number of carbonyl (C=O) groups excluding carboxylic acids is 2. The highest BCUT2D eigenvalue weighted by Crippen LogP contribution is 2.58. The van der Waals surface area contributed by atoms with Crippen molar-refractivity contribution in [1.82, 2.24) is 25.6 Å². The van der Waals surface area contributed by atoms with Gasteiger partial charge in [0.25, 0.3) is 5.91 Å². The number of hydrogen-bond donors (Lipinski definition) is 3. The van der Waals surface area contributed by atoms with Gasteiger partial charge in [-0.05, 0) is 81.3 Å². The van der Waals surface area contributed by atoms with Gasteiger partial charge in [-0.25, -0.2) is 9.37 Å². The molecule has 0 saturated heterocycles. The van der Waals surface area contributed by atoms with E-state index in [1.165, 1.54) is 12.4 Å². The molecular formula is C31H32Cl2FN5O3. The maximum Gasteiger partial charge on any atom is 0.271 e. The molecule has 220 valence electrons. The van der Waals surface area contributed by atoms with Crippen molar-refractivity contribution < 1.29 is 19.1 Å². The molecule has 7 rings (SSSR count). The second-order valence-electron chi connectivity index (χ2n) is 11.9. The molecule has 11 heteroatoms. The SMILES string of the molecule is O=C(NC1CC[C@@H](C(=O)N[C@H](c2c(F)c(O)cc(Cl)c2Cl)C23CCC(CC2)CC3)C1)c1cnc(-c2ccccn2)cn1. The predicted octanol–water partition coefficient (Wildman–Crippen LogP) is 6.42. The number of nitrogens with zero attached hydrogens (tertiary/aromatic N) is 3. The van der Waals surface area contributed by atoms with Crippen molar-refractivity contribution in [3.63, 3.8) is 0 Å². The van der Waals surface area contributed by atoms with Crippen LogP contribution in [0.2, 0.25) is 10.0 Å². The Morgan fingerprint density at radius 3 is 2.43 bits per heavy atom. The van der Waals surface area contributed by atoms with E-state index in [0.29, 0.717) is 36.6 Å². The van der Waals surface area contributed by atoms with Crippen LogP contribution in [-0.4, -0.2) is 37.9 Å². The summed E-state index contributed by atoms with van der Waals surface area (Å²) >= 11 is 12.8. The zero-order valence-corrected chi connectivity index (χ0v) is 24.5. The van der Waals surface area contributed by atoms with Gasteiger partial charge in [0, 0.05) is 29.8 Å². The minimum Gasteiger partial charge on any atom is -0.505 e. The number of halogens is 3. The van der Waals surface area contributed by atoms with Crippen LogP contribution in [0.15, 0.2) is 42.9 Å².